The minimum absolute atomic E-state index is 0.130. The summed E-state index contributed by atoms with van der Waals surface area (Å²) < 4.78 is 18.4. The SMILES string of the molecule is COc1ccc(COc2cc(=O)n(C)cc2Br)c(OC)c1. The lowest BCUT2D eigenvalue weighted by Gasteiger charge is -2.12. The quantitative estimate of drug-likeness (QED) is 0.829. The molecule has 0 bridgehead atoms. The van der Waals surface area contributed by atoms with E-state index in [2.05, 4.69) is 15.9 Å². The number of halogens is 1. The summed E-state index contributed by atoms with van der Waals surface area (Å²) in [5, 5.41) is 0. The van der Waals surface area contributed by atoms with Gasteiger partial charge in [0, 0.05) is 30.9 Å². The molecule has 1 heterocycles. The third kappa shape index (κ3) is 3.58. The van der Waals surface area contributed by atoms with Gasteiger partial charge in [0.1, 0.15) is 23.9 Å². The summed E-state index contributed by atoms with van der Waals surface area (Å²) in [4.78, 5) is 11.6. The van der Waals surface area contributed by atoms with Gasteiger partial charge in [-0.15, -0.1) is 0 Å². The summed E-state index contributed by atoms with van der Waals surface area (Å²) in [6.07, 6.45) is 1.67. The highest BCUT2D eigenvalue weighted by Gasteiger charge is 2.08. The van der Waals surface area contributed by atoms with E-state index in [1.807, 2.05) is 12.1 Å². The van der Waals surface area contributed by atoms with Gasteiger partial charge >= 0.3 is 0 Å². The fourth-order valence-corrected chi connectivity index (χ4v) is 2.35. The van der Waals surface area contributed by atoms with Gasteiger partial charge in [0.05, 0.1) is 18.7 Å². The molecule has 6 heteroatoms. The van der Waals surface area contributed by atoms with Crippen LogP contribution in [0.5, 0.6) is 17.2 Å². The second-order valence-electron chi connectivity index (χ2n) is 4.40. The van der Waals surface area contributed by atoms with Crippen LogP contribution in [0.3, 0.4) is 0 Å². The Morgan fingerprint density at radius 2 is 1.90 bits per heavy atom. The van der Waals surface area contributed by atoms with Gasteiger partial charge in [-0.3, -0.25) is 4.79 Å². The van der Waals surface area contributed by atoms with Gasteiger partial charge in [-0.25, -0.2) is 0 Å². The molecule has 2 aromatic rings. The molecule has 0 N–H and O–H groups in total. The van der Waals surface area contributed by atoms with Gasteiger partial charge in [0.25, 0.3) is 5.56 Å². The molecule has 0 aliphatic heterocycles. The second-order valence-corrected chi connectivity index (χ2v) is 5.26. The fourth-order valence-electron chi connectivity index (χ4n) is 1.82. The summed E-state index contributed by atoms with van der Waals surface area (Å²) in [7, 11) is 4.87. The lowest BCUT2D eigenvalue weighted by molar-refractivity contribution is 0.293. The molecule has 0 unspecified atom stereocenters. The summed E-state index contributed by atoms with van der Waals surface area (Å²) in [5.41, 5.74) is 0.737. The van der Waals surface area contributed by atoms with Gasteiger partial charge in [0.15, 0.2) is 0 Å². The molecule has 0 saturated carbocycles. The van der Waals surface area contributed by atoms with Crippen molar-refractivity contribution in [1.29, 1.82) is 0 Å². The van der Waals surface area contributed by atoms with E-state index in [1.54, 1.807) is 33.5 Å². The van der Waals surface area contributed by atoms with E-state index in [1.165, 1.54) is 10.6 Å². The highest BCUT2D eigenvalue weighted by atomic mass is 79.9. The predicted molar refractivity (Wildman–Crippen MR) is 83.3 cm³/mol. The highest BCUT2D eigenvalue weighted by molar-refractivity contribution is 9.10. The van der Waals surface area contributed by atoms with Crippen molar-refractivity contribution in [1.82, 2.24) is 4.57 Å². The van der Waals surface area contributed by atoms with Crippen LogP contribution in [0.1, 0.15) is 5.56 Å². The van der Waals surface area contributed by atoms with Crippen molar-refractivity contribution in [3.8, 4) is 17.2 Å². The molecular formula is C15H16BrNO4. The van der Waals surface area contributed by atoms with Crippen molar-refractivity contribution in [2.24, 2.45) is 7.05 Å². The number of ether oxygens (including phenoxy) is 3. The number of rotatable bonds is 5. The smallest absolute Gasteiger partial charge is 0.254 e. The lowest BCUT2D eigenvalue weighted by atomic mass is 10.2. The summed E-state index contributed by atoms with van der Waals surface area (Å²) in [6.45, 7) is 0.291. The Bertz CT molecular complexity index is 697. The number of methoxy groups -OCH3 is 2. The number of hydrogen-bond acceptors (Lipinski definition) is 4. The predicted octanol–water partition coefficient (Wildman–Crippen LogP) is 2.74. The monoisotopic (exact) mass is 353 g/mol. The molecule has 0 saturated heterocycles. The Kier molecular flexibility index (Phi) is 4.90. The van der Waals surface area contributed by atoms with Crippen molar-refractivity contribution in [3.05, 3.63) is 50.9 Å². The molecule has 21 heavy (non-hydrogen) atoms. The molecule has 0 spiro atoms. The zero-order valence-electron chi connectivity index (χ0n) is 12.1. The van der Waals surface area contributed by atoms with Crippen LogP contribution in [0.2, 0.25) is 0 Å². The number of nitrogens with zero attached hydrogens (tertiary/aromatic N) is 1. The molecule has 5 nitrogen and oxygen atoms in total. The van der Waals surface area contributed by atoms with Crippen molar-refractivity contribution in [3.63, 3.8) is 0 Å². The molecule has 1 aromatic heterocycles. The average molecular weight is 354 g/mol. The number of hydrogen-bond donors (Lipinski definition) is 0. The first-order chi connectivity index (χ1) is 10.0. The van der Waals surface area contributed by atoms with E-state index < -0.39 is 0 Å². The normalized spacial score (nSPS) is 10.3. The van der Waals surface area contributed by atoms with E-state index in [4.69, 9.17) is 14.2 Å². The Labute approximate surface area is 131 Å². The third-order valence-electron chi connectivity index (χ3n) is 3.02. The van der Waals surface area contributed by atoms with Crippen molar-refractivity contribution >= 4 is 15.9 Å². The van der Waals surface area contributed by atoms with Crippen LogP contribution in [0.15, 0.2) is 39.7 Å². The minimum atomic E-state index is -0.130. The average Bonchev–Trinajstić information content (AvgIpc) is 2.49. The first-order valence-electron chi connectivity index (χ1n) is 6.25. The van der Waals surface area contributed by atoms with Crippen LogP contribution in [0.25, 0.3) is 0 Å². The zero-order chi connectivity index (χ0) is 15.4. The Morgan fingerprint density at radius 3 is 2.57 bits per heavy atom. The van der Waals surface area contributed by atoms with Crippen LogP contribution in [-0.2, 0) is 13.7 Å². The van der Waals surface area contributed by atoms with Crippen LogP contribution in [0.4, 0.5) is 0 Å². The van der Waals surface area contributed by atoms with Crippen LogP contribution in [0, 0.1) is 0 Å². The summed E-state index contributed by atoms with van der Waals surface area (Å²) in [6, 6.07) is 6.94. The number of aromatic nitrogens is 1. The van der Waals surface area contributed by atoms with Crippen molar-refractivity contribution < 1.29 is 14.2 Å². The minimum Gasteiger partial charge on any atom is -0.497 e. The Hall–Kier alpha value is -1.95. The molecule has 0 atom stereocenters. The fraction of sp³-hybridized carbons (Fsp3) is 0.267. The zero-order valence-corrected chi connectivity index (χ0v) is 13.6. The molecule has 0 aliphatic carbocycles. The summed E-state index contributed by atoms with van der Waals surface area (Å²) in [5.74, 6) is 1.88. The number of pyridine rings is 1. The van der Waals surface area contributed by atoms with Crippen LogP contribution < -0.4 is 19.8 Å². The third-order valence-corrected chi connectivity index (χ3v) is 3.62. The topological polar surface area (TPSA) is 49.7 Å². The van der Waals surface area contributed by atoms with Crippen LogP contribution in [-0.4, -0.2) is 18.8 Å². The molecule has 112 valence electrons. The van der Waals surface area contributed by atoms with Gasteiger partial charge in [0.2, 0.25) is 0 Å². The highest BCUT2D eigenvalue weighted by Crippen LogP contribution is 2.27. The number of benzene rings is 1. The molecule has 0 radical (unpaired) electrons. The Balaban J connectivity index is 2.20. The molecule has 2 rings (SSSR count). The van der Waals surface area contributed by atoms with Gasteiger partial charge in [-0.2, -0.15) is 0 Å². The maximum absolute atomic E-state index is 11.6. The molecule has 0 aliphatic rings. The van der Waals surface area contributed by atoms with E-state index in [0.29, 0.717) is 23.9 Å². The largest absolute Gasteiger partial charge is 0.497 e. The second kappa shape index (κ2) is 6.67. The first kappa shape index (κ1) is 15.4. The standard InChI is InChI=1S/C15H16BrNO4/c1-17-8-12(16)14(7-15(17)18)21-9-10-4-5-11(19-2)6-13(10)20-3/h4-8H,9H2,1-3H3. The molecule has 0 amide bonds. The first-order valence-corrected chi connectivity index (χ1v) is 7.04. The molecule has 1 aromatic carbocycles. The van der Waals surface area contributed by atoms with Gasteiger partial charge < -0.3 is 18.8 Å². The maximum atomic E-state index is 11.6. The maximum Gasteiger partial charge on any atom is 0.254 e. The van der Waals surface area contributed by atoms with Gasteiger partial charge in [-0.05, 0) is 28.1 Å². The van der Waals surface area contributed by atoms with Crippen molar-refractivity contribution in [2.45, 2.75) is 6.61 Å². The van der Waals surface area contributed by atoms with E-state index >= 15 is 0 Å². The molecule has 0 fully saturated rings. The van der Waals surface area contributed by atoms with E-state index in [0.717, 1.165) is 10.0 Å². The number of aryl methyl sites for hydroxylation is 1. The molecular weight excluding hydrogens is 338 g/mol. The van der Waals surface area contributed by atoms with E-state index in [9.17, 15) is 4.79 Å². The lowest BCUT2D eigenvalue weighted by Crippen LogP contribution is -2.15. The Morgan fingerprint density at radius 1 is 1.14 bits per heavy atom. The van der Waals surface area contributed by atoms with Crippen molar-refractivity contribution in [2.75, 3.05) is 14.2 Å². The van der Waals surface area contributed by atoms with E-state index in [-0.39, 0.29) is 5.56 Å². The van der Waals surface area contributed by atoms with Gasteiger partial charge in [-0.1, -0.05) is 0 Å². The summed E-state index contributed by atoms with van der Waals surface area (Å²) >= 11 is 3.38. The van der Waals surface area contributed by atoms with Crippen LogP contribution >= 0.6 is 15.9 Å².